The van der Waals surface area contributed by atoms with Crippen molar-refractivity contribution in [2.75, 3.05) is 18.5 Å². The van der Waals surface area contributed by atoms with Gasteiger partial charge in [0.15, 0.2) is 0 Å². The van der Waals surface area contributed by atoms with Gasteiger partial charge < -0.3 is 5.32 Å². The van der Waals surface area contributed by atoms with Crippen LogP contribution in [0.5, 0.6) is 0 Å². The lowest BCUT2D eigenvalue weighted by Gasteiger charge is -2.22. The number of nitrogens with zero attached hydrogens (tertiary/aromatic N) is 2. The van der Waals surface area contributed by atoms with Crippen LogP contribution in [0.4, 0.5) is 23.8 Å². The summed E-state index contributed by atoms with van der Waals surface area (Å²) >= 11 is 0. The van der Waals surface area contributed by atoms with E-state index in [4.69, 9.17) is 0 Å². The molecule has 0 unspecified atom stereocenters. The first-order valence-corrected chi connectivity index (χ1v) is 4.41. The van der Waals surface area contributed by atoms with Crippen molar-refractivity contribution >= 4 is 11.8 Å². The predicted molar refractivity (Wildman–Crippen MR) is 52.1 cm³/mol. The molecule has 0 fully saturated rings. The minimum atomic E-state index is -4.47. The number of anilines is 1. The molecule has 7 heteroatoms. The Morgan fingerprint density at radius 1 is 1.50 bits per heavy atom. The Morgan fingerprint density at radius 2 is 2.19 bits per heavy atom. The van der Waals surface area contributed by atoms with Crippen LogP contribution in [-0.2, 0) is 0 Å². The van der Waals surface area contributed by atoms with Crippen LogP contribution >= 0.6 is 0 Å². The van der Waals surface area contributed by atoms with Crippen molar-refractivity contribution in [2.24, 2.45) is 0 Å². The van der Waals surface area contributed by atoms with Gasteiger partial charge in [-0.1, -0.05) is 6.07 Å². The van der Waals surface area contributed by atoms with Crippen LogP contribution in [0.25, 0.3) is 0 Å². The molecule has 0 aliphatic rings. The fourth-order valence-electron chi connectivity index (χ4n) is 1.08. The molecule has 0 aromatic carbocycles. The summed E-state index contributed by atoms with van der Waals surface area (Å²) in [4.78, 5) is 15.5. The molecule has 0 aliphatic carbocycles. The van der Waals surface area contributed by atoms with Crippen molar-refractivity contribution in [1.82, 2.24) is 10.3 Å². The van der Waals surface area contributed by atoms with Gasteiger partial charge in [0.05, 0.1) is 0 Å². The Hall–Kier alpha value is -1.79. The SMILES string of the molecule is CNC(=O)N(CC(F)(F)F)c1ccccn1. The van der Waals surface area contributed by atoms with Crippen LogP contribution in [0.15, 0.2) is 24.4 Å². The number of hydrogen-bond acceptors (Lipinski definition) is 2. The summed E-state index contributed by atoms with van der Waals surface area (Å²) in [5, 5.41) is 2.13. The topological polar surface area (TPSA) is 45.2 Å². The van der Waals surface area contributed by atoms with Gasteiger partial charge >= 0.3 is 12.2 Å². The van der Waals surface area contributed by atoms with Gasteiger partial charge in [-0.15, -0.1) is 0 Å². The molecule has 0 bridgehead atoms. The molecule has 1 rings (SSSR count). The maximum absolute atomic E-state index is 12.2. The molecule has 0 radical (unpaired) electrons. The zero-order valence-electron chi connectivity index (χ0n) is 8.45. The number of alkyl halides is 3. The number of carbonyl (C=O) groups is 1. The number of carbonyl (C=O) groups excluding carboxylic acids is 1. The molecular weight excluding hydrogens is 223 g/mol. The fraction of sp³-hybridized carbons (Fsp3) is 0.333. The molecule has 4 nitrogen and oxygen atoms in total. The van der Waals surface area contributed by atoms with E-state index >= 15 is 0 Å². The van der Waals surface area contributed by atoms with E-state index in [9.17, 15) is 18.0 Å². The van der Waals surface area contributed by atoms with Gasteiger partial charge in [0.2, 0.25) is 0 Å². The normalized spacial score (nSPS) is 11.0. The number of rotatable bonds is 2. The first kappa shape index (κ1) is 12.3. The summed E-state index contributed by atoms with van der Waals surface area (Å²) < 4.78 is 36.7. The van der Waals surface area contributed by atoms with Crippen LogP contribution in [0.1, 0.15) is 0 Å². The van der Waals surface area contributed by atoms with E-state index in [2.05, 4.69) is 10.3 Å². The summed E-state index contributed by atoms with van der Waals surface area (Å²) in [6.45, 7) is -1.37. The maximum atomic E-state index is 12.2. The Kier molecular flexibility index (Phi) is 3.70. The molecule has 1 N–H and O–H groups in total. The van der Waals surface area contributed by atoms with E-state index in [-0.39, 0.29) is 5.82 Å². The monoisotopic (exact) mass is 233 g/mol. The Labute approximate surface area is 90.1 Å². The highest BCUT2D eigenvalue weighted by Crippen LogP contribution is 2.20. The van der Waals surface area contributed by atoms with Crippen LogP contribution in [0, 0.1) is 0 Å². The van der Waals surface area contributed by atoms with E-state index in [1.54, 1.807) is 6.07 Å². The molecule has 2 amide bonds. The molecular formula is C9H10F3N3O. The average Bonchev–Trinajstić information content (AvgIpc) is 2.25. The van der Waals surface area contributed by atoms with Crippen molar-refractivity contribution in [3.05, 3.63) is 24.4 Å². The molecule has 0 spiro atoms. The smallest absolute Gasteiger partial charge is 0.341 e. The predicted octanol–water partition coefficient (Wildman–Crippen LogP) is 1.79. The first-order valence-electron chi connectivity index (χ1n) is 4.41. The summed E-state index contributed by atoms with van der Waals surface area (Å²) in [6, 6.07) is 3.55. The minimum absolute atomic E-state index is 0.0424. The van der Waals surface area contributed by atoms with Gasteiger partial charge in [-0.3, -0.25) is 4.90 Å². The lowest BCUT2D eigenvalue weighted by Crippen LogP contribution is -2.44. The van der Waals surface area contributed by atoms with Gasteiger partial charge in [-0.05, 0) is 12.1 Å². The van der Waals surface area contributed by atoms with Crippen LogP contribution in [0.2, 0.25) is 0 Å². The van der Waals surface area contributed by atoms with Crippen molar-refractivity contribution in [2.45, 2.75) is 6.18 Å². The third-order valence-electron chi connectivity index (χ3n) is 1.72. The average molecular weight is 233 g/mol. The van der Waals surface area contributed by atoms with Crippen LogP contribution < -0.4 is 10.2 Å². The Morgan fingerprint density at radius 3 is 2.62 bits per heavy atom. The minimum Gasteiger partial charge on any atom is -0.341 e. The standard InChI is InChI=1S/C9H10F3N3O/c1-13-8(16)15(6-9(10,11)12)7-4-2-3-5-14-7/h2-5H,6H2,1H3,(H,13,16). The number of hydrogen-bond donors (Lipinski definition) is 1. The van der Waals surface area contributed by atoms with Gasteiger partial charge in [-0.25, -0.2) is 9.78 Å². The van der Waals surface area contributed by atoms with E-state index < -0.39 is 18.8 Å². The van der Waals surface area contributed by atoms with E-state index in [0.29, 0.717) is 4.90 Å². The zero-order valence-corrected chi connectivity index (χ0v) is 8.45. The number of nitrogens with one attached hydrogen (secondary N) is 1. The fourth-order valence-corrected chi connectivity index (χ4v) is 1.08. The second-order valence-electron chi connectivity index (χ2n) is 2.94. The molecule has 1 aromatic heterocycles. The third-order valence-corrected chi connectivity index (χ3v) is 1.72. The lowest BCUT2D eigenvalue weighted by molar-refractivity contribution is -0.118. The quantitative estimate of drug-likeness (QED) is 0.846. The van der Waals surface area contributed by atoms with Crippen LogP contribution in [0.3, 0.4) is 0 Å². The molecule has 1 heterocycles. The highest BCUT2D eigenvalue weighted by molar-refractivity contribution is 5.90. The van der Waals surface area contributed by atoms with Gasteiger partial charge in [0.25, 0.3) is 0 Å². The van der Waals surface area contributed by atoms with Crippen molar-refractivity contribution in [1.29, 1.82) is 0 Å². The van der Waals surface area contributed by atoms with Crippen molar-refractivity contribution < 1.29 is 18.0 Å². The second kappa shape index (κ2) is 4.82. The number of urea groups is 1. The highest BCUT2D eigenvalue weighted by atomic mass is 19.4. The van der Waals surface area contributed by atoms with Gasteiger partial charge in [0, 0.05) is 13.2 Å². The molecule has 88 valence electrons. The number of amides is 2. The number of aromatic nitrogens is 1. The Balaban J connectivity index is 2.93. The van der Waals surface area contributed by atoms with Crippen LogP contribution in [-0.4, -0.2) is 30.8 Å². The molecule has 0 aliphatic heterocycles. The van der Waals surface area contributed by atoms with Gasteiger partial charge in [0.1, 0.15) is 12.4 Å². The maximum Gasteiger partial charge on any atom is 0.406 e. The van der Waals surface area contributed by atoms with Crippen molar-refractivity contribution in [3.63, 3.8) is 0 Å². The summed E-state index contributed by atoms with van der Waals surface area (Å²) in [6.07, 6.45) is -3.15. The lowest BCUT2D eigenvalue weighted by atomic mass is 10.4. The number of halogens is 3. The molecule has 0 saturated carbocycles. The summed E-state index contributed by atoms with van der Waals surface area (Å²) in [5.74, 6) is -0.0424. The van der Waals surface area contributed by atoms with E-state index in [0.717, 1.165) is 0 Å². The molecule has 1 aromatic rings. The summed E-state index contributed by atoms with van der Waals surface area (Å²) in [5.41, 5.74) is 0. The van der Waals surface area contributed by atoms with E-state index in [1.807, 2.05) is 0 Å². The largest absolute Gasteiger partial charge is 0.406 e. The summed E-state index contributed by atoms with van der Waals surface area (Å²) in [7, 11) is 1.26. The molecule has 0 atom stereocenters. The molecule has 16 heavy (non-hydrogen) atoms. The first-order chi connectivity index (χ1) is 7.44. The third kappa shape index (κ3) is 3.41. The molecule has 0 saturated heterocycles. The Bertz CT molecular complexity index is 353. The van der Waals surface area contributed by atoms with Gasteiger partial charge in [-0.2, -0.15) is 13.2 Å². The highest BCUT2D eigenvalue weighted by Gasteiger charge is 2.34. The van der Waals surface area contributed by atoms with E-state index in [1.165, 1.54) is 25.4 Å². The van der Waals surface area contributed by atoms with Crippen molar-refractivity contribution in [3.8, 4) is 0 Å². The second-order valence-corrected chi connectivity index (χ2v) is 2.94. The zero-order chi connectivity index (χ0) is 12.2. The number of pyridine rings is 1.